The fourth-order valence-electron chi connectivity index (χ4n) is 3.66. The summed E-state index contributed by atoms with van der Waals surface area (Å²) in [6, 6.07) is 6.20. The lowest BCUT2D eigenvalue weighted by Gasteiger charge is -2.31. The van der Waals surface area contributed by atoms with Crippen molar-refractivity contribution in [1.29, 1.82) is 0 Å². The Kier molecular flexibility index (Phi) is 6.97. The van der Waals surface area contributed by atoms with Gasteiger partial charge in [-0.25, -0.2) is 9.78 Å². The number of hydrogen-bond acceptors (Lipinski definition) is 6. The fourth-order valence-corrected chi connectivity index (χ4v) is 5.47. The summed E-state index contributed by atoms with van der Waals surface area (Å²) in [5.41, 5.74) is 10.2. The second-order valence-corrected chi connectivity index (χ2v) is 9.84. The molecule has 0 spiro atoms. The van der Waals surface area contributed by atoms with E-state index in [2.05, 4.69) is 44.0 Å². The molecule has 6 nitrogen and oxygen atoms in total. The molecule has 0 saturated carbocycles. The predicted octanol–water partition coefficient (Wildman–Crippen LogP) is 4.06. The molecule has 3 rings (SSSR count). The third-order valence-electron chi connectivity index (χ3n) is 5.38. The van der Waals surface area contributed by atoms with Crippen molar-refractivity contribution in [3.63, 3.8) is 0 Å². The van der Waals surface area contributed by atoms with Crippen LogP contribution >= 0.6 is 23.1 Å². The van der Waals surface area contributed by atoms with Gasteiger partial charge in [0.2, 0.25) is 5.91 Å². The maximum Gasteiger partial charge on any atom is 0.355 e. The lowest BCUT2D eigenvalue weighted by molar-refractivity contribution is -0.128. The molecule has 156 valence electrons. The molecule has 2 atom stereocenters. The minimum atomic E-state index is -1.02. The summed E-state index contributed by atoms with van der Waals surface area (Å²) in [6.07, 6.45) is 1.28. The molecule has 29 heavy (non-hydrogen) atoms. The van der Waals surface area contributed by atoms with Gasteiger partial charge in [0.15, 0.2) is 10.0 Å². The van der Waals surface area contributed by atoms with E-state index in [4.69, 9.17) is 10.8 Å². The van der Waals surface area contributed by atoms with Crippen molar-refractivity contribution in [3.05, 3.63) is 46.0 Å². The van der Waals surface area contributed by atoms with Crippen LogP contribution < -0.4 is 5.73 Å². The van der Waals surface area contributed by atoms with E-state index < -0.39 is 5.97 Å². The van der Waals surface area contributed by atoms with E-state index in [9.17, 15) is 9.59 Å². The summed E-state index contributed by atoms with van der Waals surface area (Å²) in [4.78, 5) is 29.4. The first kappa shape index (κ1) is 21.8. The molecular formula is C21H27N3O3S2. The smallest absolute Gasteiger partial charge is 0.355 e. The molecule has 0 bridgehead atoms. The minimum absolute atomic E-state index is 0.0184. The second-order valence-electron chi connectivity index (χ2n) is 7.64. The van der Waals surface area contributed by atoms with Crippen molar-refractivity contribution in [3.8, 4) is 0 Å². The molecule has 2 aromatic rings. The van der Waals surface area contributed by atoms with Crippen LogP contribution in [0.4, 0.5) is 0 Å². The Morgan fingerprint density at radius 1 is 1.45 bits per heavy atom. The van der Waals surface area contributed by atoms with E-state index in [1.807, 2.05) is 4.90 Å². The highest BCUT2D eigenvalue weighted by molar-refractivity contribution is 8.01. The largest absolute Gasteiger partial charge is 0.476 e. The summed E-state index contributed by atoms with van der Waals surface area (Å²) in [6.45, 7) is 6.97. The quantitative estimate of drug-likeness (QED) is 0.610. The summed E-state index contributed by atoms with van der Waals surface area (Å²) < 4.78 is 0.704. The number of carbonyl (C=O) groups is 2. The molecule has 2 heterocycles. The summed E-state index contributed by atoms with van der Waals surface area (Å²) in [7, 11) is 0. The summed E-state index contributed by atoms with van der Waals surface area (Å²) >= 11 is 2.79. The van der Waals surface area contributed by atoms with Gasteiger partial charge in [-0.1, -0.05) is 43.8 Å². The van der Waals surface area contributed by atoms with Gasteiger partial charge in [0, 0.05) is 24.1 Å². The number of carboxylic acid groups (broad SMARTS) is 1. The molecule has 0 aliphatic carbocycles. The number of nitrogens with two attached hydrogens (primary N) is 1. The zero-order chi connectivity index (χ0) is 21.1. The van der Waals surface area contributed by atoms with E-state index in [-0.39, 0.29) is 23.7 Å². The first-order chi connectivity index (χ1) is 13.8. The summed E-state index contributed by atoms with van der Waals surface area (Å²) in [5.74, 6) is 0.196. The molecule has 1 saturated heterocycles. The van der Waals surface area contributed by atoms with Gasteiger partial charge in [-0.15, -0.1) is 11.3 Å². The molecule has 1 aliphatic heterocycles. The molecule has 1 amide bonds. The number of carbonyl (C=O) groups excluding carboxylic acids is 1. The van der Waals surface area contributed by atoms with Gasteiger partial charge in [-0.2, -0.15) is 0 Å². The number of aryl methyl sites for hydroxylation is 1. The molecule has 3 N–H and O–H groups in total. The molecule has 1 unspecified atom stereocenters. The Morgan fingerprint density at radius 3 is 2.86 bits per heavy atom. The second kappa shape index (κ2) is 9.28. The third kappa shape index (κ3) is 4.99. The van der Waals surface area contributed by atoms with Crippen LogP contribution in [-0.4, -0.2) is 45.2 Å². The average molecular weight is 434 g/mol. The number of likely N-dealkylation sites (tertiary alicyclic amines) is 1. The number of thioether (sulfide) groups is 1. The van der Waals surface area contributed by atoms with Crippen LogP contribution in [0.3, 0.4) is 0 Å². The molecule has 8 heteroatoms. The Hall–Kier alpha value is -1.90. The topological polar surface area (TPSA) is 96.5 Å². The number of benzene rings is 1. The first-order valence-corrected chi connectivity index (χ1v) is 11.6. The number of aromatic nitrogens is 1. The average Bonchev–Trinajstić information content (AvgIpc) is 3.29. The van der Waals surface area contributed by atoms with Gasteiger partial charge in [-0.05, 0) is 36.0 Å². The van der Waals surface area contributed by atoms with Crippen LogP contribution in [0.2, 0.25) is 0 Å². The highest BCUT2D eigenvalue weighted by atomic mass is 32.2. The predicted molar refractivity (Wildman–Crippen MR) is 117 cm³/mol. The first-order valence-electron chi connectivity index (χ1n) is 9.75. The van der Waals surface area contributed by atoms with Crippen molar-refractivity contribution in [2.75, 3.05) is 12.3 Å². The van der Waals surface area contributed by atoms with Gasteiger partial charge in [-0.3, -0.25) is 4.79 Å². The van der Waals surface area contributed by atoms with Crippen LogP contribution in [0.15, 0.2) is 27.9 Å². The molecule has 1 aromatic heterocycles. The van der Waals surface area contributed by atoms with Crippen LogP contribution in [-0.2, 0) is 4.79 Å². The molecular weight excluding hydrogens is 406 g/mol. The van der Waals surface area contributed by atoms with Crippen LogP contribution in [0, 0.1) is 6.92 Å². The maximum atomic E-state index is 12.5. The van der Waals surface area contributed by atoms with Crippen molar-refractivity contribution < 1.29 is 14.7 Å². The van der Waals surface area contributed by atoms with Gasteiger partial charge in [0.05, 0.1) is 12.1 Å². The molecule has 1 aliphatic rings. The van der Waals surface area contributed by atoms with E-state index in [0.29, 0.717) is 29.0 Å². The Labute approximate surface area is 179 Å². The van der Waals surface area contributed by atoms with E-state index in [0.717, 1.165) is 17.5 Å². The van der Waals surface area contributed by atoms with Crippen LogP contribution in [0.1, 0.15) is 65.8 Å². The van der Waals surface area contributed by atoms with Crippen molar-refractivity contribution in [2.24, 2.45) is 5.73 Å². The Bertz CT molecular complexity index is 897. The lowest BCUT2D eigenvalue weighted by atomic mass is 9.90. The van der Waals surface area contributed by atoms with Crippen molar-refractivity contribution in [2.45, 2.75) is 56.0 Å². The SMILES string of the molecule is Cc1ccc(C(C)C)cc1C(N)[C@H]1CCC(=O)N1CCSc1nc(C(=O)O)cs1. The van der Waals surface area contributed by atoms with Crippen molar-refractivity contribution >= 4 is 35.0 Å². The number of nitrogens with zero attached hydrogens (tertiary/aromatic N) is 2. The molecule has 0 radical (unpaired) electrons. The van der Waals surface area contributed by atoms with Crippen LogP contribution in [0.5, 0.6) is 0 Å². The van der Waals surface area contributed by atoms with Gasteiger partial charge < -0.3 is 15.7 Å². The zero-order valence-electron chi connectivity index (χ0n) is 16.9. The summed E-state index contributed by atoms with van der Waals surface area (Å²) in [5, 5.41) is 10.5. The Balaban J connectivity index is 1.68. The minimum Gasteiger partial charge on any atom is -0.476 e. The van der Waals surface area contributed by atoms with E-state index in [1.165, 1.54) is 34.0 Å². The van der Waals surface area contributed by atoms with Gasteiger partial charge in [0.1, 0.15) is 0 Å². The zero-order valence-corrected chi connectivity index (χ0v) is 18.6. The maximum absolute atomic E-state index is 12.5. The van der Waals surface area contributed by atoms with Crippen molar-refractivity contribution in [1.82, 2.24) is 9.88 Å². The van der Waals surface area contributed by atoms with Crippen LogP contribution in [0.25, 0.3) is 0 Å². The number of carboxylic acids is 1. The van der Waals surface area contributed by atoms with Gasteiger partial charge >= 0.3 is 5.97 Å². The molecule has 1 aromatic carbocycles. The lowest BCUT2D eigenvalue weighted by Crippen LogP contribution is -2.41. The van der Waals surface area contributed by atoms with E-state index >= 15 is 0 Å². The van der Waals surface area contributed by atoms with E-state index in [1.54, 1.807) is 0 Å². The monoisotopic (exact) mass is 433 g/mol. The molecule has 1 fully saturated rings. The Morgan fingerprint density at radius 2 is 2.21 bits per heavy atom. The number of amides is 1. The number of aromatic carboxylic acids is 1. The highest BCUT2D eigenvalue weighted by Gasteiger charge is 2.35. The third-order valence-corrected chi connectivity index (χ3v) is 7.38. The standard InChI is InChI=1S/C21H27N3O3S2/c1-12(2)14-5-4-13(3)15(10-14)19(22)17-6-7-18(25)24(17)8-9-28-21-23-16(11-29-21)20(26)27/h4-5,10-12,17,19H,6-9,22H2,1-3H3,(H,26,27)/t17-,19?/m1/s1. The number of hydrogen-bond donors (Lipinski definition) is 2. The van der Waals surface area contributed by atoms with Gasteiger partial charge in [0.25, 0.3) is 0 Å². The fraction of sp³-hybridized carbons (Fsp3) is 0.476. The number of thiazole rings is 1. The highest BCUT2D eigenvalue weighted by Crippen LogP contribution is 2.32. The normalized spacial score (nSPS) is 17.9. The number of rotatable bonds is 8.